The molecule has 5 rings (SSSR count). The van der Waals surface area contributed by atoms with Gasteiger partial charge in [-0.2, -0.15) is 0 Å². The Morgan fingerprint density at radius 1 is 1.00 bits per heavy atom. The highest BCUT2D eigenvalue weighted by atomic mass is 127. The number of carbonyl (C=O) groups excluding carboxylic acids is 1. The molecule has 3 nitrogen and oxygen atoms in total. The number of rotatable bonds is 2. The summed E-state index contributed by atoms with van der Waals surface area (Å²) in [6.45, 7) is 4.40. The topological polar surface area (TPSA) is 29.5 Å². The first-order valence-electron chi connectivity index (χ1n) is 10.1. The van der Waals surface area contributed by atoms with Crippen LogP contribution in [0.2, 0.25) is 0 Å². The van der Waals surface area contributed by atoms with Gasteiger partial charge in [0.2, 0.25) is 5.72 Å². The minimum Gasteiger partial charge on any atom is -0.463 e. The average molecular weight is 525 g/mol. The average Bonchev–Trinajstić information content (AvgIpc) is 2.91. The number of fused-ring (bicyclic) bond motifs is 2. The zero-order valence-corrected chi connectivity index (χ0v) is 19.6. The van der Waals surface area contributed by atoms with Gasteiger partial charge in [-0.25, -0.2) is 4.39 Å². The van der Waals surface area contributed by atoms with Crippen molar-refractivity contribution in [3.63, 3.8) is 0 Å². The molecule has 0 aromatic heterocycles. The summed E-state index contributed by atoms with van der Waals surface area (Å²) < 4.78 is 21.1. The smallest absolute Gasteiger partial charge is 0.211 e. The maximum Gasteiger partial charge on any atom is 0.211 e. The Labute approximate surface area is 194 Å². The van der Waals surface area contributed by atoms with Crippen LogP contribution in [0.1, 0.15) is 40.9 Å². The second kappa shape index (κ2) is 6.92. The van der Waals surface area contributed by atoms with E-state index in [0.29, 0.717) is 11.1 Å². The molecule has 0 aliphatic carbocycles. The second-order valence-electron chi connectivity index (χ2n) is 8.57. The van der Waals surface area contributed by atoms with Gasteiger partial charge < -0.3 is 9.64 Å². The lowest BCUT2D eigenvalue weighted by Gasteiger charge is -2.45. The highest BCUT2D eigenvalue weighted by Gasteiger charge is 2.57. The number of likely N-dealkylation sites (N-methyl/N-ethyl adjacent to an activating group) is 1. The van der Waals surface area contributed by atoms with Gasteiger partial charge in [-0.05, 0) is 115 Å². The van der Waals surface area contributed by atoms with Crippen molar-refractivity contribution in [3.05, 3.63) is 98.4 Å². The fourth-order valence-electron chi connectivity index (χ4n) is 4.69. The van der Waals surface area contributed by atoms with Crippen LogP contribution in [0.5, 0.6) is 5.75 Å². The molecule has 5 heteroatoms. The van der Waals surface area contributed by atoms with Crippen LogP contribution in [0.15, 0.2) is 66.7 Å². The second-order valence-corrected chi connectivity index (χ2v) is 9.81. The fourth-order valence-corrected chi connectivity index (χ4v) is 5.19. The molecule has 0 saturated carbocycles. The maximum absolute atomic E-state index is 13.2. The molecule has 2 heterocycles. The first-order chi connectivity index (χ1) is 14.7. The third kappa shape index (κ3) is 2.93. The van der Waals surface area contributed by atoms with Crippen molar-refractivity contribution in [3.8, 4) is 5.75 Å². The van der Waals surface area contributed by atoms with Crippen molar-refractivity contribution in [2.75, 3.05) is 11.9 Å². The van der Waals surface area contributed by atoms with Gasteiger partial charge in [0.05, 0.1) is 5.41 Å². The normalized spacial score (nSPS) is 20.4. The van der Waals surface area contributed by atoms with Gasteiger partial charge in [-0.1, -0.05) is 0 Å². The molecule has 3 aromatic rings. The van der Waals surface area contributed by atoms with Gasteiger partial charge in [0.15, 0.2) is 5.78 Å². The number of benzene rings is 3. The lowest BCUT2D eigenvalue weighted by molar-refractivity contribution is 0.0581. The summed E-state index contributed by atoms with van der Waals surface area (Å²) >= 11 is 2.34. The molecule has 31 heavy (non-hydrogen) atoms. The molecular formula is C26H21FINO2. The van der Waals surface area contributed by atoms with E-state index >= 15 is 0 Å². The zero-order chi connectivity index (χ0) is 22.0. The molecule has 0 amide bonds. The first kappa shape index (κ1) is 20.2. The van der Waals surface area contributed by atoms with Gasteiger partial charge >= 0.3 is 0 Å². The van der Waals surface area contributed by atoms with Crippen LogP contribution < -0.4 is 9.64 Å². The summed E-state index contributed by atoms with van der Waals surface area (Å²) in [5.41, 5.74) is 3.32. The molecule has 0 saturated heterocycles. The van der Waals surface area contributed by atoms with Gasteiger partial charge in [0, 0.05) is 33.0 Å². The van der Waals surface area contributed by atoms with Crippen LogP contribution in [0.4, 0.5) is 10.1 Å². The summed E-state index contributed by atoms with van der Waals surface area (Å²) in [6.07, 6.45) is 4.13. The predicted molar refractivity (Wildman–Crippen MR) is 129 cm³/mol. The summed E-state index contributed by atoms with van der Waals surface area (Å²) in [5, 5.41) is 0. The molecule has 1 spiro atoms. The molecule has 0 N–H and O–H groups in total. The molecule has 0 bridgehead atoms. The maximum atomic E-state index is 13.2. The Balaban J connectivity index is 1.52. The van der Waals surface area contributed by atoms with Crippen molar-refractivity contribution in [1.82, 2.24) is 0 Å². The number of hydrogen-bond donors (Lipinski definition) is 0. The van der Waals surface area contributed by atoms with E-state index in [-0.39, 0.29) is 17.0 Å². The van der Waals surface area contributed by atoms with Crippen LogP contribution in [0.25, 0.3) is 6.08 Å². The largest absolute Gasteiger partial charge is 0.463 e. The van der Waals surface area contributed by atoms with Crippen molar-refractivity contribution in [1.29, 1.82) is 0 Å². The molecule has 0 fully saturated rings. The first-order valence-corrected chi connectivity index (χ1v) is 11.2. The number of anilines is 1. The number of hydrogen-bond acceptors (Lipinski definition) is 3. The van der Waals surface area contributed by atoms with Crippen LogP contribution >= 0.6 is 22.6 Å². The number of halogens is 2. The van der Waals surface area contributed by atoms with E-state index in [1.54, 1.807) is 6.07 Å². The van der Waals surface area contributed by atoms with E-state index in [1.807, 2.05) is 18.2 Å². The molecule has 1 unspecified atom stereocenters. The zero-order valence-electron chi connectivity index (χ0n) is 17.4. The van der Waals surface area contributed by atoms with E-state index in [1.165, 1.54) is 33.4 Å². The summed E-state index contributed by atoms with van der Waals surface area (Å²) in [5.74, 6) is 0.236. The molecule has 156 valence electrons. The van der Waals surface area contributed by atoms with E-state index < -0.39 is 5.72 Å². The standard InChI is InChI=1S/C26H21FINO2/c1-25(2)21-15-20(28)9-10-22(21)29(3)26(25)13-12-17-14-18(6-11-23(17)31-26)24(30)16-4-7-19(27)8-5-16/h4-15H,1-3H3. The number of ketones is 1. The number of nitrogens with zero attached hydrogens (tertiary/aromatic N) is 1. The van der Waals surface area contributed by atoms with Crippen molar-refractivity contribution >= 4 is 40.1 Å². The Bertz CT molecular complexity index is 1250. The van der Waals surface area contributed by atoms with E-state index in [9.17, 15) is 9.18 Å². The van der Waals surface area contributed by atoms with E-state index in [2.05, 4.69) is 72.7 Å². The third-order valence-corrected chi connectivity index (χ3v) is 7.19. The Kier molecular flexibility index (Phi) is 4.52. The summed E-state index contributed by atoms with van der Waals surface area (Å²) in [6, 6.07) is 17.6. The Morgan fingerprint density at radius 3 is 2.45 bits per heavy atom. The molecule has 1 atom stereocenters. The SMILES string of the molecule is CN1c2ccc(I)cc2C(C)(C)C12C=Cc1cc(C(=O)c3ccc(F)cc3)ccc1O2. The summed E-state index contributed by atoms with van der Waals surface area (Å²) in [7, 11) is 2.06. The van der Waals surface area contributed by atoms with Gasteiger partial charge in [0.25, 0.3) is 0 Å². The minimum atomic E-state index is -0.657. The lowest BCUT2D eigenvalue weighted by Crippen LogP contribution is -2.58. The third-order valence-electron chi connectivity index (χ3n) is 6.52. The molecular weight excluding hydrogens is 504 g/mol. The van der Waals surface area contributed by atoms with Crippen LogP contribution in [-0.2, 0) is 5.41 Å². The molecule has 2 aliphatic heterocycles. The minimum absolute atomic E-state index is 0.142. The highest BCUT2D eigenvalue weighted by Crippen LogP contribution is 2.54. The summed E-state index contributed by atoms with van der Waals surface area (Å²) in [4.78, 5) is 15.0. The Morgan fingerprint density at radius 2 is 1.71 bits per heavy atom. The highest BCUT2D eigenvalue weighted by molar-refractivity contribution is 14.1. The molecule has 0 radical (unpaired) electrons. The van der Waals surface area contributed by atoms with Gasteiger partial charge in [-0.15, -0.1) is 0 Å². The van der Waals surface area contributed by atoms with Gasteiger partial charge in [-0.3, -0.25) is 4.79 Å². The number of carbonyl (C=O) groups is 1. The lowest BCUT2D eigenvalue weighted by atomic mass is 9.76. The quantitative estimate of drug-likeness (QED) is 0.295. The van der Waals surface area contributed by atoms with Crippen LogP contribution in [-0.4, -0.2) is 18.6 Å². The molecule has 2 aliphatic rings. The Hall–Kier alpha value is -2.67. The van der Waals surface area contributed by atoms with Crippen LogP contribution in [0.3, 0.4) is 0 Å². The molecule has 3 aromatic carbocycles. The van der Waals surface area contributed by atoms with Crippen LogP contribution in [0, 0.1) is 9.39 Å². The fraction of sp³-hybridized carbons (Fsp3) is 0.192. The predicted octanol–water partition coefficient (Wildman–Crippen LogP) is 6.19. The van der Waals surface area contributed by atoms with E-state index in [0.717, 1.165) is 17.0 Å². The van der Waals surface area contributed by atoms with Crippen molar-refractivity contribution in [2.24, 2.45) is 0 Å². The number of ether oxygens (including phenoxy) is 1. The monoisotopic (exact) mass is 525 g/mol. The van der Waals surface area contributed by atoms with Crippen molar-refractivity contribution < 1.29 is 13.9 Å². The van der Waals surface area contributed by atoms with Gasteiger partial charge in [0.1, 0.15) is 11.6 Å². The van der Waals surface area contributed by atoms with E-state index in [4.69, 9.17) is 4.74 Å². The van der Waals surface area contributed by atoms with Crippen molar-refractivity contribution in [2.45, 2.75) is 25.0 Å².